The third-order valence-corrected chi connectivity index (χ3v) is 6.85. The van der Waals surface area contributed by atoms with Gasteiger partial charge in [0.25, 0.3) is 11.7 Å². The summed E-state index contributed by atoms with van der Waals surface area (Å²) in [5.74, 6) is -2.23. The molecule has 0 bridgehead atoms. The molecule has 1 aliphatic heterocycles. The molecule has 8 heteroatoms. The van der Waals surface area contributed by atoms with Crippen molar-refractivity contribution >= 4 is 23.4 Å². The number of aliphatic hydroxyl groups is 1. The summed E-state index contributed by atoms with van der Waals surface area (Å²) in [6.07, 6.45) is 0. The number of aromatic carboxylic acids is 1. The molecule has 0 saturated carbocycles. The third-order valence-electron chi connectivity index (χ3n) is 6.85. The van der Waals surface area contributed by atoms with Crippen LogP contribution in [0.5, 0.6) is 11.5 Å². The highest BCUT2D eigenvalue weighted by atomic mass is 16.5. The lowest BCUT2D eigenvalue weighted by Gasteiger charge is -2.27. The van der Waals surface area contributed by atoms with E-state index in [1.807, 2.05) is 24.3 Å². The van der Waals surface area contributed by atoms with E-state index < -0.39 is 23.7 Å². The van der Waals surface area contributed by atoms with Gasteiger partial charge in [0.2, 0.25) is 0 Å². The minimum Gasteiger partial charge on any atom is -0.507 e. The van der Waals surface area contributed by atoms with Crippen LogP contribution in [-0.2, 0) is 21.5 Å². The fraction of sp³-hybridized carbons (Fsp3) is 0.258. The van der Waals surface area contributed by atoms with Gasteiger partial charge in [0.05, 0.1) is 37.0 Å². The largest absolute Gasteiger partial charge is 0.507 e. The van der Waals surface area contributed by atoms with Crippen molar-refractivity contribution in [1.82, 2.24) is 4.90 Å². The van der Waals surface area contributed by atoms with Gasteiger partial charge in [0.1, 0.15) is 17.3 Å². The van der Waals surface area contributed by atoms with Crippen molar-refractivity contribution in [3.8, 4) is 11.5 Å². The first-order chi connectivity index (χ1) is 18.5. The third kappa shape index (κ3) is 5.36. The number of ether oxygens (including phenoxy) is 2. The molecule has 3 aromatic carbocycles. The summed E-state index contributed by atoms with van der Waals surface area (Å²) in [6, 6.07) is 17.6. The second-order valence-corrected chi connectivity index (χ2v) is 10.4. The summed E-state index contributed by atoms with van der Waals surface area (Å²) in [5.41, 5.74) is 2.56. The maximum absolute atomic E-state index is 13.4. The van der Waals surface area contributed by atoms with Crippen LogP contribution in [0.2, 0.25) is 0 Å². The predicted molar refractivity (Wildman–Crippen MR) is 146 cm³/mol. The van der Waals surface area contributed by atoms with E-state index in [9.17, 15) is 24.6 Å². The highest BCUT2D eigenvalue weighted by Crippen LogP contribution is 2.42. The van der Waals surface area contributed by atoms with E-state index >= 15 is 0 Å². The first-order valence-corrected chi connectivity index (χ1v) is 12.4. The van der Waals surface area contributed by atoms with E-state index in [0.717, 1.165) is 5.56 Å². The number of likely N-dealkylation sites (tertiary alicyclic amines) is 1. The average molecular weight is 530 g/mol. The van der Waals surface area contributed by atoms with Gasteiger partial charge in [0.15, 0.2) is 0 Å². The van der Waals surface area contributed by atoms with Gasteiger partial charge >= 0.3 is 5.97 Å². The van der Waals surface area contributed by atoms with E-state index in [2.05, 4.69) is 20.8 Å². The van der Waals surface area contributed by atoms with Gasteiger partial charge in [0, 0.05) is 12.6 Å². The highest BCUT2D eigenvalue weighted by Gasteiger charge is 2.46. The Hall–Kier alpha value is -4.59. The first-order valence-electron chi connectivity index (χ1n) is 12.4. The fourth-order valence-corrected chi connectivity index (χ4v) is 4.64. The number of nitrogens with zero attached hydrogens (tertiary/aromatic N) is 1. The highest BCUT2D eigenvalue weighted by molar-refractivity contribution is 6.46. The second-order valence-electron chi connectivity index (χ2n) is 10.4. The van der Waals surface area contributed by atoms with Crippen molar-refractivity contribution in [2.45, 2.75) is 38.8 Å². The van der Waals surface area contributed by atoms with Crippen molar-refractivity contribution in [3.05, 3.63) is 100 Å². The molecule has 1 unspecified atom stereocenters. The van der Waals surface area contributed by atoms with Crippen molar-refractivity contribution < 1.29 is 34.1 Å². The molecule has 1 amide bonds. The molecule has 39 heavy (non-hydrogen) atoms. The molecule has 2 N–H and O–H groups in total. The lowest BCUT2D eigenvalue weighted by Crippen LogP contribution is -2.29. The summed E-state index contributed by atoms with van der Waals surface area (Å²) in [6.45, 7) is 6.30. The zero-order valence-corrected chi connectivity index (χ0v) is 22.5. The normalized spacial score (nSPS) is 16.8. The Balaban J connectivity index is 1.86. The Morgan fingerprint density at radius 2 is 1.54 bits per heavy atom. The number of amides is 1. The van der Waals surface area contributed by atoms with Gasteiger partial charge in [-0.3, -0.25) is 9.59 Å². The van der Waals surface area contributed by atoms with Crippen LogP contribution >= 0.6 is 0 Å². The Kier molecular flexibility index (Phi) is 7.49. The van der Waals surface area contributed by atoms with Gasteiger partial charge in [-0.05, 0) is 46.4 Å². The van der Waals surface area contributed by atoms with Crippen molar-refractivity contribution in [2.24, 2.45) is 0 Å². The van der Waals surface area contributed by atoms with Crippen LogP contribution in [0.15, 0.2) is 72.3 Å². The lowest BCUT2D eigenvalue weighted by molar-refractivity contribution is -0.140. The molecule has 0 radical (unpaired) electrons. The van der Waals surface area contributed by atoms with Gasteiger partial charge in [-0.2, -0.15) is 0 Å². The molecule has 1 saturated heterocycles. The quantitative estimate of drug-likeness (QED) is 0.242. The second kappa shape index (κ2) is 10.6. The van der Waals surface area contributed by atoms with Gasteiger partial charge in [-0.15, -0.1) is 0 Å². The van der Waals surface area contributed by atoms with Crippen LogP contribution in [0.25, 0.3) is 5.76 Å². The fourth-order valence-electron chi connectivity index (χ4n) is 4.64. The summed E-state index contributed by atoms with van der Waals surface area (Å²) in [5, 5.41) is 20.7. The number of Topliss-reactive ketones (excluding diaryl/α,β-unsaturated/α-hetero) is 1. The number of carbonyl (C=O) groups excluding carboxylic acids is 2. The van der Waals surface area contributed by atoms with E-state index in [-0.39, 0.29) is 40.2 Å². The predicted octanol–water partition coefficient (Wildman–Crippen LogP) is 5.32. The van der Waals surface area contributed by atoms with Gasteiger partial charge in [-0.25, -0.2) is 4.79 Å². The Morgan fingerprint density at radius 3 is 2.08 bits per heavy atom. The number of carboxylic acid groups (broad SMARTS) is 1. The molecular formula is C31H31NO7. The first kappa shape index (κ1) is 27.4. The van der Waals surface area contributed by atoms with Crippen LogP contribution < -0.4 is 9.47 Å². The topological polar surface area (TPSA) is 113 Å². The molecule has 0 aliphatic carbocycles. The number of methoxy groups -OCH3 is 2. The average Bonchev–Trinajstić information content (AvgIpc) is 3.17. The van der Waals surface area contributed by atoms with Crippen LogP contribution in [0.1, 0.15) is 59.4 Å². The zero-order chi connectivity index (χ0) is 28.5. The molecule has 4 rings (SSSR count). The minimum absolute atomic E-state index is 0.0344. The van der Waals surface area contributed by atoms with Crippen LogP contribution in [0, 0.1) is 0 Å². The van der Waals surface area contributed by atoms with Gasteiger partial charge < -0.3 is 24.6 Å². The van der Waals surface area contributed by atoms with Gasteiger partial charge in [-0.1, -0.05) is 57.2 Å². The standard InChI is InChI=1S/C31H31NO7/c1-31(2,3)21-12-10-19(11-13-21)26-25(27(33)23-15-14-22(38-4)16-24(23)39-5)28(34)29(35)32(26)17-18-6-8-20(9-7-18)30(36)37/h6-16,26,33H,17H2,1-5H3,(H,36,37)/b27-25-. The minimum atomic E-state index is -1.06. The van der Waals surface area contributed by atoms with Crippen LogP contribution in [0.3, 0.4) is 0 Å². The summed E-state index contributed by atoms with van der Waals surface area (Å²) < 4.78 is 10.7. The maximum Gasteiger partial charge on any atom is 0.335 e. The Morgan fingerprint density at radius 1 is 0.897 bits per heavy atom. The zero-order valence-electron chi connectivity index (χ0n) is 22.5. The molecule has 0 aromatic heterocycles. The van der Waals surface area contributed by atoms with E-state index in [1.165, 1.54) is 31.3 Å². The van der Waals surface area contributed by atoms with E-state index in [1.54, 1.807) is 30.3 Å². The molecular weight excluding hydrogens is 498 g/mol. The number of ketones is 1. The molecule has 1 fully saturated rings. The van der Waals surface area contributed by atoms with Crippen LogP contribution in [0.4, 0.5) is 0 Å². The van der Waals surface area contributed by atoms with E-state index in [0.29, 0.717) is 16.9 Å². The van der Waals surface area contributed by atoms with Crippen molar-refractivity contribution in [3.63, 3.8) is 0 Å². The smallest absolute Gasteiger partial charge is 0.335 e. The number of aliphatic hydroxyl groups excluding tert-OH is 1. The number of carboxylic acids is 1. The monoisotopic (exact) mass is 529 g/mol. The molecule has 1 atom stereocenters. The molecule has 0 spiro atoms. The summed E-state index contributed by atoms with van der Waals surface area (Å²) >= 11 is 0. The van der Waals surface area contributed by atoms with Crippen LogP contribution in [-0.4, -0.2) is 47.0 Å². The molecule has 8 nitrogen and oxygen atoms in total. The van der Waals surface area contributed by atoms with Crippen molar-refractivity contribution in [1.29, 1.82) is 0 Å². The SMILES string of the molecule is COc1ccc(/C(O)=C2/C(=O)C(=O)N(Cc3ccc(C(=O)O)cc3)C2c2ccc(C(C)(C)C)cc2)c(OC)c1. The summed E-state index contributed by atoms with van der Waals surface area (Å²) in [7, 11) is 2.94. The Bertz CT molecular complexity index is 1450. The summed E-state index contributed by atoms with van der Waals surface area (Å²) in [4.78, 5) is 39.5. The maximum atomic E-state index is 13.4. The number of hydrogen-bond acceptors (Lipinski definition) is 6. The Labute approximate surface area is 227 Å². The number of benzene rings is 3. The molecule has 202 valence electrons. The lowest BCUT2D eigenvalue weighted by atomic mass is 9.85. The van der Waals surface area contributed by atoms with E-state index in [4.69, 9.17) is 9.47 Å². The number of hydrogen-bond donors (Lipinski definition) is 2. The number of carbonyl (C=O) groups is 3. The number of rotatable bonds is 7. The molecule has 1 aliphatic rings. The molecule has 1 heterocycles. The molecule has 3 aromatic rings. The van der Waals surface area contributed by atoms with Crippen molar-refractivity contribution in [2.75, 3.05) is 14.2 Å².